The second kappa shape index (κ2) is 8.01. The van der Waals surface area contributed by atoms with Crippen molar-refractivity contribution in [1.29, 1.82) is 0 Å². The monoisotopic (exact) mass is 409 g/mol. The average molecular weight is 410 g/mol. The van der Waals surface area contributed by atoms with E-state index in [1.165, 1.54) is 7.11 Å². The van der Waals surface area contributed by atoms with Crippen molar-refractivity contribution in [3.05, 3.63) is 81.8 Å². The first kappa shape index (κ1) is 19.1. The van der Waals surface area contributed by atoms with Gasteiger partial charge in [-0.15, -0.1) is 0 Å². The molecule has 148 valence electrons. The van der Waals surface area contributed by atoms with Crippen molar-refractivity contribution >= 4 is 40.0 Å². The van der Waals surface area contributed by atoms with Gasteiger partial charge in [-0.3, -0.25) is 4.57 Å². The maximum absolute atomic E-state index is 12.5. The van der Waals surface area contributed by atoms with Crippen LogP contribution < -0.4 is 11.0 Å². The van der Waals surface area contributed by atoms with Crippen LogP contribution in [0.4, 0.5) is 11.4 Å². The number of methoxy groups -OCH3 is 1. The number of ether oxygens (including phenoxy) is 1. The van der Waals surface area contributed by atoms with Gasteiger partial charge in [0.2, 0.25) is 0 Å². The number of rotatable bonds is 5. The summed E-state index contributed by atoms with van der Waals surface area (Å²) < 4.78 is 6.59. The number of carbonyl (C=O) groups is 1. The molecule has 0 spiro atoms. The summed E-state index contributed by atoms with van der Waals surface area (Å²) in [4.78, 5) is 27.4. The molecule has 0 amide bonds. The van der Waals surface area contributed by atoms with Gasteiger partial charge in [0.25, 0.3) is 0 Å². The van der Waals surface area contributed by atoms with Crippen molar-refractivity contribution < 1.29 is 9.53 Å². The Balaban J connectivity index is 1.64. The van der Waals surface area contributed by atoms with Crippen LogP contribution in [-0.2, 0) is 11.3 Å². The normalized spacial score (nSPS) is 15.6. The number of hydrogen-bond donors (Lipinski definition) is 2. The highest BCUT2D eigenvalue weighted by Gasteiger charge is 2.15. The van der Waals surface area contributed by atoms with Gasteiger partial charge in [0, 0.05) is 17.3 Å². The van der Waals surface area contributed by atoms with Crippen LogP contribution in [0.15, 0.2) is 65.5 Å². The quantitative estimate of drug-likeness (QED) is 0.601. The number of allylic oxidation sites excluding steroid dienone is 4. The van der Waals surface area contributed by atoms with Gasteiger partial charge in [0.15, 0.2) is 0 Å². The fraction of sp³-hybridized carbons (Fsp3) is 0.182. The predicted molar refractivity (Wildman–Crippen MR) is 115 cm³/mol. The highest BCUT2D eigenvalue weighted by molar-refractivity contribution is 6.31. The molecule has 1 aliphatic rings. The summed E-state index contributed by atoms with van der Waals surface area (Å²) in [6, 6.07) is 10.6. The number of nitrogens with one attached hydrogen (secondary N) is 2. The van der Waals surface area contributed by atoms with Crippen molar-refractivity contribution in [2.45, 2.75) is 13.0 Å². The van der Waals surface area contributed by atoms with Crippen LogP contribution >= 0.6 is 11.6 Å². The second-order valence-corrected chi connectivity index (χ2v) is 7.32. The summed E-state index contributed by atoms with van der Waals surface area (Å²) in [6.07, 6.45) is 9.18. The minimum atomic E-state index is -0.481. The number of benzene rings is 2. The van der Waals surface area contributed by atoms with Crippen molar-refractivity contribution in [3.8, 4) is 0 Å². The molecule has 2 N–H and O–H groups in total. The summed E-state index contributed by atoms with van der Waals surface area (Å²) in [5, 5.41) is 3.65. The standard InChI is InChI=1S/C22H20ClN3O3/c1-29-21(27)17-11-15(23)7-9-18(17)24-16-8-10-20-19(12-16)25-22(28)26(20)13-14-5-3-2-4-6-14/h2-5,7-12,14,24H,6,13H2,1H3,(H,25,28). The minimum Gasteiger partial charge on any atom is -0.465 e. The number of anilines is 2. The lowest BCUT2D eigenvalue weighted by Crippen LogP contribution is -2.21. The number of aromatic amines is 1. The lowest BCUT2D eigenvalue weighted by Gasteiger charge is -2.14. The van der Waals surface area contributed by atoms with E-state index in [9.17, 15) is 9.59 Å². The Labute approximate surface area is 172 Å². The third-order valence-electron chi connectivity index (χ3n) is 4.93. The number of H-pyrrole nitrogens is 1. The molecule has 1 heterocycles. The summed E-state index contributed by atoms with van der Waals surface area (Å²) in [6.45, 7) is 0.621. The summed E-state index contributed by atoms with van der Waals surface area (Å²) in [5.41, 5.74) is 3.07. The summed E-state index contributed by atoms with van der Waals surface area (Å²) in [7, 11) is 1.32. The Kier molecular flexibility index (Phi) is 5.27. The Morgan fingerprint density at radius 3 is 2.90 bits per heavy atom. The van der Waals surface area contributed by atoms with Crippen LogP contribution in [0.1, 0.15) is 16.8 Å². The first-order valence-corrected chi connectivity index (χ1v) is 9.64. The molecule has 0 aliphatic heterocycles. The van der Waals surface area contributed by atoms with Gasteiger partial charge in [-0.05, 0) is 48.7 Å². The SMILES string of the molecule is COC(=O)c1cc(Cl)ccc1Nc1ccc2c(c1)[nH]c(=O)n2CC1C=CC=CC1. The molecule has 1 unspecified atom stereocenters. The molecule has 0 saturated heterocycles. The fourth-order valence-corrected chi connectivity index (χ4v) is 3.66. The van der Waals surface area contributed by atoms with Crippen molar-refractivity contribution in [2.24, 2.45) is 5.92 Å². The molecule has 2 aromatic carbocycles. The fourth-order valence-electron chi connectivity index (χ4n) is 3.48. The molecule has 1 atom stereocenters. The van der Waals surface area contributed by atoms with Gasteiger partial charge < -0.3 is 15.0 Å². The number of nitrogens with zero attached hydrogens (tertiary/aromatic N) is 1. The van der Waals surface area contributed by atoms with Crippen LogP contribution in [0.3, 0.4) is 0 Å². The average Bonchev–Trinajstić information content (AvgIpc) is 3.04. The van der Waals surface area contributed by atoms with Crippen molar-refractivity contribution in [1.82, 2.24) is 9.55 Å². The molecule has 4 rings (SSSR count). The number of esters is 1. The van der Waals surface area contributed by atoms with Crippen LogP contribution in [0.2, 0.25) is 5.02 Å². The number of carbonyl (C=O) groups excluding carboxylic acids is 1. The Hall–Kier alpha value is -3.25. The third-order valence-corrected chi connectivity index (χ3v) is 5.16. The van der Waals surface area contributed by atoms with Crippen molar-refractivity contribution in [3.63, 3.8) is 0 Å². The number of fused-ring (bicyclic) bond motifs is 1. The van der Waals surface area contributed by atoms with E-state index < -0.39 is 5.97 Å². The highest BCUT2D eigenvalue weighted by atomic mass is 35.5. The molecular formula is C22H20ClN3O3. The van der Waals surface area contributed by atoms with Crippen LogP contribution in [0.5, 0.6) is 0 Å². The molecule has 1 aromatic heterocycles. The van der Waals surface area contributed by atoms with E-state index in [1.807, 2.05) is 30.4 Å². The lowest BCUT2D eigenvalue weighted by atomic mass is 10.0. The van der Waals surface area contributed by atoms with Crippen LogP contribution in [0.25, 0.3) is 11.0 Å². The number of imidazole rings is 1. The third kappa shape index (κ3) is 3.98. The largest absolute Gasteiger partial charge is 0.465 e. The molecule has 7 heteroatoms. The zero-order chi connectivity index (χ0) is 20.4. The van der Waals surface area contributed by atoms with E-state index in [-0.39, 0.29) is 5.69 Å². The van der Waals surface area contributed by atoms with Gasteiger partial charge in [-0.25, -0.2) is 9.59 Å². The van der Waals surface area contributed by atoms with Gasteiger partial charge in [-0.2, -0.15) is 0 Å². The Bertz CT molecular complexity index is 1190. The second-order valence-electron chi connectivity index (χ2n) is 6.89. The topological polar surface area (TPSA) is 76.1 Å². The first-order valence-electron chi connectivity index (χ1n) is 9.26. The number of hydrogen-bond acceptors (Lipinski definition) is 4. The molecule has 0 saturated carbocycles. The molecule has 3 aromatic rings. The highest BCUT2D eigenvalue weighted by Crippen LogP contribution is 2.27. The minimum absolute atomic E-state index is 0.137. The van der Waals surface area contributed by atoms with E-state index in [0.717, 1.165) is 23.1 Å². The molecular weight excluding hydrogens is 390 g/mol. The molecule has 0 radical (unpaired) electrons. The van der Waals surface area contributed by atoms with E-state index >= 15 is 0 Å². The zero-order valence-corrected chi connectivity index (χ0v) is 16.6. The van der Waals surface area contributed by atoms with Gasteiger partial charge >= 0.3 is 11.7 Å². The van der Waals surface area contributed by atoms with Gasteiger partial charge in [0.05, 0.1) is 29.4 Å². The van der Waals surface area contributed by atoms with Crippen molar-refractivity contribution in [2.75, 3.05) is 12.4 Å². The summed E-state index contributed by atoms with van der Waals surface area (Å²) >= 11 is 6.01. The van der Waals surface area contributed by atoms with E-state index in [1.54, 1.807) is 22.8 Å². The maximum atomic E-state index is 12.5. The number of aromatic nitrogens is 2. The molecule has 29 heavy (non-hydrogen) atoms. The van der Waals surface area contributed by atoms with Crippen LogP contribution in [0, 0.1) is 5.92 Å². The predicted octanol–water partition coefficient (Wildman–Crippen LogP) is 4.65. The zero-order valence-electron chi connectivity index (χ0n) is 15.8. The van der Waals surface area contributed by atoms with E-state index in [0.29, 0.717) is 28.7 Å². The number of halogens is 1. The van der Waals surface area contributed by atoms with E-state index in [4.69, 9.17) is 16.3 Å². The maximum Gasteiger partial charge on any atom is 0.340 e. The molecule has 1 aliphatic carbocycles. The Morgan fingerprint density at radius 2 is 2.14 bits per heavy atom. The first-order chi connectivity index (χ1) is 14.0. The van der Waals surface area contributed by atoms with E-state index in [2.05, 4.69) is 22.5 Å². The van der Waals surface area contributed by atoms with Gasteiger partial charge in [0.1, 0.15) is 0 Å². The summed E-state index contributed by atoms with van der Waals surface area (Å²) in [5.74, 6) is -0.184. The Morgan fingerprint density at radius 1 is 1.28 bits per heavy atom. The lowest BCUT2D eigenvalue weighted by molar-refractivity contribution is 0.0602. The molecule has 6 nitrogen and oxygen atoms in total. The van der Waals surface area contributed by atoms with Crippen LogP contribution in [-0.4, -0.2) is 22.6 Å². The molecule has 0 bridgehead atoms. The smallest absolute Gasteiger partial charge is 0.340 e. The molecule has 0 fully saturated rings. The van der Waals surface area contributed by atoms with Gasteiger partial charge in [-0.1, -0.05) is 35.9 Å².